The van der Waals surface area contributed by atoms with Gasteiger partial charge in [-0.3, -0.25) is 4.79 Å². The molecule has 0 radical (unpaired) electrons. The maximum absolute atomic E-state index is 14.0. The Morgan fingerprint density at radius 1 is 1.13 bits per heavy atom. The third-order valence-electron chi connectivity index (χ3n) is 9.55. The summed E-state index contributed by atoms with van der Waals surface area (Å²) >= 11 is 6.34. The first kappa shape index (κ1) is 21.8. The number of nitrogens with one attached hydrogen (secondary N) is 1. The molecule has 4 heteroatoms. The summed E-state index contributed by atoms with van der Waals surface area (Å²) in [5, 5.41) is 3.60. The van der Waals surface area contributed by atoms with Crippen molar-refractivity contribution in [2.24, 2.45) is 28.1 Å². The Morgan fingerprint density at radius 2 is 1.87 bits per heavy atom. The standard InChI is InChI=1S/C27H39ClN2O/c1-3-4-5-6-20(2)26-14-21-13-25(17-26,9-10-28)18-27(15-21,19-26)24(31)29-23-16-30-11-7-22(23)8-12-30/h3-6,21-23H,2,7-19H2,1H3,(H,29,31)/b4-3-,6-5-/t21?,23-,25-,26-,27?/m1/s1. The second-order valence-electron chi connectivity index (χ2n) is 11.6. The highest BCUT2D eigenvalue weighted by Crippen LogP contribution is 2.72. The lowest BCUT2D eigenvalue weighted by Gasteiger charge is -2.66. The SMILES string of the molecule is C=C(/C=C\C=C/C)[C@]12CC3CC(C(=O)N[C@@H]4CN5CCC4CC5)(C[C@](CCCl)(C3)C1)C2. The summed E-state index contributed by atoms with van der Waals surface area (Å²) in [5.41, 5.74) is 1.28. The van der Waals surface area contributed by atoms with Crippen molar-refractivity contribution >= 4 is 17.5 Å². The van der Waals surface area contributed by atoms with Crippen LogP contribution in [0, 0.1) is 28.1 Å². The van der Waals surface area contributed by atoms with Gasteiger partial charge in [0.25, 0.3) is 0 Å². The first-order valence-corrected chi connectivity index (χ1v) is 13.0. The molecule has 3 aliphatic heterocycles. The molecule has 0 aromatic carbocycles. The van der Waals surface area contributed by atoms with Gasteiger partial charge in [-0.25, -0.2) is 0 Å². The van der Waals surface area contributed by atoms with E-state index in [-0.39, 0.29) is 16.2 Å². The van der Waals surface area contributed by atoms with Crippen LogP contribution in [-0.2, 0) is 4.79 Å². The molecule has 7 fully saturated rings. The molecule has 3 nitrogen and oxygen atoms in total. The van der Waals surface area contributed by atoms with Gasteiger partial charge in [-0.05, 0) is 106 Å². The Kier molecular flexibility index (Phi) is 5.66. The lowest BCUT2D eigenvalue weighted by molar-refractivity contribution is -0.171. The zero-order valence-corrected chi connectivity index (χ0v) is 19.9. The smallest absolute Gasteiger partial charge is 0.226 e. The molecule has 0 spiro atoms. The number of hydrogen-bond donors (Lipinski definition) is 1. The molecule has 4 saturated carbocycles. The zero-order chi connectivity index (χ0) is 21.7. The number of allylic oxidation sites excluding steroid dienone is 5. The Labute approximate surface area is 193 Å². The van der Waals surface area contributed by atoms with Gasteiger partial charge in [0.1, 0.15) is 0 Å². The van der Waals surface area contributed by atoms with Crippen molar-refractivity contribution in [2.45, 2.75) is 70.8 Å². The average Bonchev–Trinajstić information content (AvgIpc) is 2.74. The number of nitrogens with zero attached hydrogens (tertiary/aromatic N) is 1. The van der Waals surface area contributed by atoms with Crippen molar-refractivity contribution in [1.29, 1.82) is 0 Å². The maximum atomic E-state index is 14.0. The molecule has 5 atom stereocenters. The number of piperidine rings is 3. The monoisotopic (exact) mass is 442 g/mol. The number of alkyl halides is 1. The minimum Gasteiger partial charge on any atom is -0.351 e. The van der Waals surface area contributed by atoms with E-state index < -0.39 is 0 Å². The minimum atomic E-state index is -0.227. The molecule has 170 valence electrons. The van der Waals surface area contributed by atoms with Gasteiger partial charge in [-0.1, -0.05) is 30.9 Å². The predicted molar refractivity (Wildman–Crippen MR) is 128 cm³/mol. The van der Waals surface area contributed by atoms with Crippen molar-refractivity contribution in [3.8, 4) is 0 Å². The first-order chi connectivity index (χ1) is 14.9. The number of fused-ring (bicyclic) bond motifs is 3. The highest BCUT2D eigenvalue weighted by Gasteiger charge is 2.65. The van der Waals surface area contributed by atoms with Gasteiger partial charge in [0.2, 0.25) is 5.91 Å². The molecule has 7 aliphatic rings. The number of hydrogen-bond acceptors (Lipinski definition) is 2. The Balaban J connectivity index is 1.42. The van der Waals surface area contributed by atoms with Gasteiger partial charge in [0.15, 0.2) is 0 Å². The van der Waals surface area contributed by atoms with E-state index in [0.29, 0.717) is 29.7 Å². The molecule has 4 aliphatic carbocycles. The van der Waals surface area contributed by atoms with Crippen LogP contribution in [0.5, 0.6) is 0 Å². The molecule has 2 unspecified atom stereocenters. The molecule has 1 amide bonds. The summed E-state index contributed by atoms with van der Waals surface area (Å²) in [6.45, 7) is 10.1. The fraction of sp³-hybridized carbons (Fsp3) is 0.741. The summed E-state index contributed by atoms with van der Waals surface area (Å²) in [6.07, 6.45) is 18.7. The predicted octanol–water partition coefficient (Wildman–Crippen LogP) is 5.47. The van der Waals surface area contributed by atoms with Gasteiger partial charge in [0, 0.05) is 18.5 Å². The molecule has 7 rings (SSSR count). The third kappa shape index (κ3) is 3.74. The van der Waals surface area contributed by atoms with E-state index in [1.807, 2.05) is 6.92 Å². The first-order valence-electron chi connectivity index (χ1n) is 12.5. The van der Waals surface area contributed by atoms with Crippen molar-refractivity contribution in [1.82, 2.24) is 10.2 Å². The topological polar surface area (TPSA) is 32.3 Å². The van der Waals surface area contributed by atoms with Crippen LogP contribution in [0.1, 0.15) is 64.7 Å². The molecule has 1 N–H and O–H groups in total. The third-order valence-corrected chi connectivity index (χ3v) is 9.73. The molecule has 3 saturated heterocycles. The second-order valence-corrected chi connectivity index (χ2v) is 12.0. The van der Waals surface area contributed by atoms with Crippen LogP contribution in [0.3, 0.4) is 0 Å². The number of rotatable bonds is 7. The summed E-state index contributed by atoms with van der Waals surface area (Å²) in [5.74, 6) is 2.35. The highest BCUT2D eigenvalue weighted by atomic mass is 35.5. The lowest BCUT2D eigenvalue weighted by atomic mass is 9.37. The minimum absolute atomic E-state index is 0.0654. The normalized spacial score (nSPS) is 45.6. The summed E-state index contributed by atoms with van der Waals surface area (Å²) in [6, 6.07) is 0.348. The van der Waals surface area contributed by atoms with E-state index in [1.165, 1.54) is 44.3 Å². The van der Waals surface area contributed by atoms with E-state index in [4.69, 9.17) is 11.6 Å². The summed E-state index contributed by atoms with van der Waals surface area (Å²) in [7, 11) is 0. The van der Waals surface area contributed by atoms with Gasteiger partial charge < -0.3 is 10.2 Å². The number of carbonyl (C=O) groups is 1. The van der Waals surface area contributed by atoms with Crippen LogP contribution in [-0.4, -0.2) is 42.4 Å². The van der Waals surface area contributed by atoms with E-state index >= 15 is 0 Å². The molecule has 3 heterocycles. The number of halogens is 1. The van der Waals surface area contributed by atoms with E-state index in [2.05, 4.69) is 41.1 Å². The average molecular weight is 443 g/mol. The van der Waals surface area contributed by atoms with Gasteiger partial charge >= 0.3 is 0 Å². The van der Waals surface area contributed by atoms with E-state index in [9.17, 15) is 4.79 Å². The zero-order valence-electron chi connectivity index (χ0n) is 19.2. The number of carbonyl (C=O) groups excluding carboxylic acids is 1. The van der Waals surface area contributed by atoms with Crippen LogP contribution >= 0.6 is 11.6 Å². The summed E-state index contributed by atoms with van der Waals surface area (Å²) < 4.78 is 0. The Bertz CT molecular complexity index is 797. The van der Waals surface area contributed by atoms with Gasteiger partial charge in [0.05, 0.1) is 5.41 Å². The fourth-order valence-corrected chi connectivity index (χ4v) is 9.04. The van der Waals surface area contributed by atoms with Crippen molar-refractivity contribution in [2.75, 3.05) is 25.5 Å². The molecule has 0 aromatic heterocycles. The van der Waals surface area contributed by atoms with Crippen LogP contribution in [0.15, 0.2) is 36.5 Å². The van der Waals surface area contributed by atoms with Crippen molar-refractivity contribution in [3.05, 3.63) is 36.5 Å². The lowest BCUT2D eigenvalue weighted by Crippen LogP contribution is -2.64. The van der Waals surface area contributed by atoms with Crippen LogP contribution in [0.25, 0.3) is 0 Å². The maximum Gasteiger partial charge on any atom is 0.226 e. The summed E-state index contributed by atoms with van der Waals surface area (Å²) in [4.78, 5) is 16.5. The van der Waals surface area contributed by atoms with Crippen molar-refractivity contribution < 1.29 is 4.79 Å². The Morgan fingerprint density at radius 3 is 2.55 bits per heavy atom. The fourth-order valence-electron chi connectivity index (χ4n) is 8.64. The van der Waals surface area contributed by atoms with E-state index in [0.717, 1.165) is 38.6 Å². The second kappa shape index (κ2) is 8.06. The molecule has 0 aromatic rings. The van der Waals surface area contributed by atoms with Crippen LogP contribution in [0.2, 0.25) is 0 Å². The quantitative estimate of drug-likeness (QED) is 0.418. The largest absolute Gasteiger partial charge is 0.351 e. The molecule has 31 heavy (non-hydrogen) atoms. The van der Waals surface area contributed by atoms with Crippen molar-refractivity contribution in [3.63, 3.8) is 0 Å². The molecular weight excluding hydrogens is 404 g/mol. The highest BCUT2D eigenvalue weighted by molar-refractivity contribution is 6.17. The van der Waals surface area contributed by atoms with Gasteiger partial charge in [-0.2, -0.15) is 0 Å². The van der Waals surface area contributed by atoms with Crippen LogP contribution < -0.4 is 5.32 Å². The van der Waals surface area contributed by atoms with E-state index in [1.54, 1.807) is 0 Å². The Hall–Kier alpha value is -1.06. The molecule has 6 bridgehead atoms. The van der Waals surface area contributed by atoms with Crippen LogP contribution in [0.4, 0.5) is 0 Å². The molecular formula is C27H39ClN2O. The number of amides is 1. The van der Waals surface area contributed by atoms with Gasteiger partial charge in [-0.15, -0.1) is 11.6 Å².